The minimum Gasteiger partial charge on any atom is -0.369 e. The number of fused-ring (bicyclic) bond motifs is 1. The first-order valence-electron chi connectivity index (χ1n) is 7.97. The summed E-state index contributed by atoms with van der Waals surface area (Å²) in [5, 5.41) is 2.96. The Hall–Kier alpha value is -2.08. The van der Waals surface area contributed by atoms with Gasteiger partial charge in [0.05, 0.1) is 30.5 Å². The fourth-order valence-corrected chi connectivity index (χ4v) is 3.13. The van der Waals surface area contributed by atoms with Crippen molar-refractivity contribution in [1.82, 2.24) is 19.6 Å². The van der Waals surface area contributed by atoms with Crippen LogP contribution < -0.4 is 5.32 Å². The monoisotopic (exact) mass is 316 g/mol. The topological polar surface area (TPSA) is 58.9 Å². The number of pyridine rings is 1. The van der Waals surface area contributed by atoms with Gasteiger partial charge in [-0.25, -0.2) is 9.78 Å². The molecule has 0 saturated carbocycles. The van der Waals surface area contributed by atoms with Crippen molar-refractivity contribution < 1.29 is 9.53 Å². The van der Waals surface area contributed by atoms with Crippen LogP contribution in [0.15, 0.2) is 24.5 Å². The number of ether oxygens (including phenoxy) is 1. The molecule has 0 spiro atoms. The lowest BCUT2D eigenvalue weighted by Crippen LogP contribution is -2.56. The number of aryl methyl sites for hydroxylation is 1. The number of hydrogen-bond acceptors (Lipinski definition) is 3. The summed E-state index contributed by atoms with van der Waals surface area (Å²) in [5.41, 5.74) is 2.61. The molecular weight excluding hydrogens is 292 g/mol. The predicted octanol–water partition coefficient (Wildman–Crippen LogP) is 2.35. The average Bonchev–Trinajstić information content (AvgIpc) is 2.84. The summed E-state index contributed by atoms with van der Waals surface area (Å²) >= 11 is 0. The van der Waals surface area contributed by atoms with Crippen LogP contribution in [-0.2, 0) is 11.3 Å². The average molecular weight is 316 g/mol. The predicted molar refractivity (Wildman–Crippen MR) is 88.4 cm³/mol. The van der Waals surface area contributed by atoms with Gasteiger partial charge in [0.2, 0.25) is 0 Å². The van der Waals surface area contributed by atoms with E-state index in [1.165, 1.54) is 5.56 Å². The third kappa shape index (κ3) is 3.64. The van der Waals surface area contributed by atoms with Gasteiger partial charge in [0.1, 0.15) is 5.65 Å². The number of hydrogen-bond donors (Lipinski definition) is 1. The first kappa shape index (κ1) is 15.8. The molecule has 2 amide bonds. The van der Waals surface area contributed by atoms with Crippen molar-refractivity contribution in [2.45, 2.75) is 45.9 Å². The fraction of sp³-hybridized carbons (Fsp3) is 0.529. The number of aromatic nitrogens is 2. The molecule has 1 saturated heterocycles. The molecule has 23 heavy (non-hydrogen) atoms. The molecule has 1 aliphatic rings. The van der Waals surface area contributed by atoms with E-state index < -0.39 is 0 Å². The maximum absolute atomic E-state index is 12.4. The molecular formula is C17H24N4O2. The summed E-state index contributed by atoms with van der Waals surface area (Å²) in [5.74, 6) is 0. The Kier molecular flexibility index (Phi) is 4.02. The molecule has 1 fully saturated rings. The molecule has 2 aromatic heterocycles. The smallest absolute Gasteiger partial charge is 0.317 e. The highest BCUT2D eigenvalue weighted by Crippen LogP contribution is 2.20. The first-order chi connectivity index (χ1) is 10.8. The van der Waals surface area contributed by atoms with Crippen molar-refractivity contribution in [2.24, 2.45) is 0 Å². The molecule has 124 valence electrons. The molecule has 3 rings (SSSR count). The third-order valence-corrected chi connectivity index (χ3v) is 3.93. The van der Waals surface area contributed by atoms with Gasteiger partial charge in [0.15, 0.2) is 0 Å². The molecule has 0 aromatic carbocycles. The number of rotatable bonds is 2. The van der Waals surface area contributed by atoms with Crippen LogP contribution in [0.1, 0.15) is 32.0 Å². The Morgan fingerprint density at radius 2 is 2.22 bits per heavy atom. The molecule has 0 bridgehead atoms. The van der Waals surface area contributed by atoms with E-state index in [1.54, 1.807) is 0 Å². The van der Waals surface area contributed by atoms with Gasteiger partial charge in [-0.2, -0.15) is 0 Å². The van der Waals surface area contributed by atoms with Crippen LogP contribution in [-0.4, -0.2) is 45.1 Å². The van der Waals surface area contributed by atoms with Crippen molar-refractivity contribution in [3.8, 4) is 0 Å². The number of nitrogens with zero attached hydrogens (tertiary/aromatic N) is 3. The van der Waals surface area contributed by atoms with Crippen LogP contribution in [0, 0.1) is 6.92 Å². The van der Waals surface area contributed by atoms with Crippen LogP contribution in [0.2, 0.25) is 0 Å². The van der Waals surface area contributed by atoms with Crippen molar-refractivity contribution in [1.29, 1.82) is 0 Å². The van der Waals surface area contributed by atoms with E-state index in [0.29, 0.717) is 19.6 Å². The second kappa shape index (κ2) is 5.85. The summed E-state index contributed by atoms with van der Waals surface area (Å²) in [6.45, 7) is 9.67. The van der Waals surface area contributed by atoms with Crippen molar-refractivity contribution in [2.75, 3.05) is 13.1 Å². The molecule has 1 atom stereocenters. The Labute approximate surface area is 136 Å². The molecule has 0 unspecified atom stereocenters. The number of morpholine rings is 1. The number of urea groups is 1. The van der Waals surface area contributed by atoms with E-state index >= 15 is 0 Å². The van der Waals surface area contributed by atoms with Gasteiger partial charge in [-0.1, -0.05) is 6.07 Å². The van der Waals surface area contributed by atoms with E-state index in [-0.39, 0.29) is 17.7 Å². The zero-order valence-corrected chi connectivity index (χ0v) is 14.2. The standard InChI is InChI=1S/C17H24N4O2/c1-12-5-6-15-19-14(10-20(15)8-12)7-18-16(22)21-9-13(2)23-17(3,4)11-21/h5-6,8,10,13H,7,9,11H2,1-4H3,(H,18,22)/t13-/m1/s1. The zero-order chi connectivity index (χ0) is 16.6. The maximum Gasteiger partial charge on any atom is 0.317 e. The maximum atomic E-state index is 12.4. The summed E-state index contributed by atoms with van der Waals surface area (Å²) in [7, 11) is 0. The Morgan fingerprint density at radius 3 is 2.96 bits per heavy atom. The van der Waals surface area contributed by atoms with Crippen LogP contribution >= 0.6 is 0 Å². The van der Waals surface area contributed by atoms with Crippen molar-refractivity contribution >= 4 is 11.7 Å². The minimum absolute atomic E-state index is 0.0441. The summed E-state index contributed by atoms with van der Waals surface area (Å²) in [4.78, 5) is 18.7. The zero-order valence-electron chi connectivity index (χ0n) is 14.2. The highest BCUT2D eigenvalue weighted by atomic mass is 16.5. The number of carbonyl (C=O) groups is 1. The van der Waals surface area contributed by atoms with Gasteiger partial charge >= 0.3 is 6.03 Å². The Bertz CT molecular complexity index is 722. The quantitative estimate of drug-likeness (QED) is 0.925. The normalized spacial score (nSPS) is 20.7. The summed E-state index contributed by atoms with van der Waals surface area (Å²) < 4.78 is 7.81. The number of imidazole rings is 1. The number of amides is 2. The third-order valence-electron chi connectivity index (χ3n) is 3.93. The van der Waals surface area contributed by atoms with Crippen LogP contribution in [0.4, 0.5) is 4.79 Å². The van der Waals surface area contributed by atoms with Gasteiger partial charge in [0.25, 0.3) is 0 Å². The molecule has 0 aliphatic carbocycles. The van der Waals surface area contributed by atoms with Crippen molar-refractivity contribution in [3.63, 3.8) is 0 Å². The molecule has 0 radical (unpaired) electrons. The van der Waals surface area contributed by atoms with Crippen LogP contribution in [0.5, 0.6) is 0 Å². The van der Waals surface area contributed by atoms with E-state index in [0.717, 1.165) is 11.3 Å². The number of nitrogens with one attached hydrogen (secondary N) is 1. The van der Waals surface area contributed by atoms with Gasteiger partial charge in [-0.05, 0) is 39.3 Å². The highest BCUT2D eigenvalue weighted by Gasteiger charge is 2.33. The second-order valence-corrected chi connectivity index (χ2v) is 6.93. The lowest BCUT2D eigenvalue weighted by Gasteiger charge is -2.41. The lowest BCUT2D eigenvalue weighted by molar-refractivity contribution is -0.117. The van der Waals surface area contributed by atoms with Crippen molar-refractivity contribution in [3.05, 3.63) is 35.8 Å². The van der Waals surface area contributed by atoms with Gasteiger partial charge < -0.3 is 19.4 Å². The highest BCUT2D eigenvalue weighted by molar-refractivity contribution is 5.74. The molecule has 2 aromatic rings. The van der Waals surface area contributed by atoms with E-state index in [4.69, 9.17) is 4.74 Å². The Balaban J connectivity index is 1.63. The first-order valence-corrected chi connectivity index (χ1v) is 7.97. The van der Waals surface area contributed by atoms with Gasteiger partial charge in [-0.15, -0.1) is 0 Å². The van der Waals surface area contributed by atoms with E-state index in [1.807, 2.05) is 61.5 Å². The largest absolute Gasteiger partial charge is 0.369 e. The number of carbonyl (C=O) groups excluding carboxylic acids is 1. The van der Waals surface area contributed by atoms with E-state index in [9.17, 15) is 4.79 Å². The summed E-state index contributed by atoms with van der Waals surface area (Å²) in [6, 6.07) is 3.94. The van der Waals surface area contributed by atoms with E-state index in [2.05, 4.69) is 10.3 Å². The molecule has 6 heteroatoms. The van der Waals surface area contributed by atoms with Crippen LogP contribution in [0.25, 0.3) is 5.65 Å². The van der Waals surface area contributed by atoms with Gasteiger partial charge in [-0.3, -0.25) is 0 Å². The second-order valence-electron chi connectivity index (χ2n) is 6.93. The SMILES string of the molecule is Cc1ccc2nc(CNC(=O)N3C[C@@H](C)OC(C)(C)C3)cn2c1. The lowest BCUT2D eigenvalue weighted by atomic mass is 10.1. The Morgan fingerprint density at radius 1 is 1.43 bits per heavy atom. The molecule has 1 aliphatic heterocycles. The molecule has 1 N–H and O–H groups in total. The minimum atomic E-state index is -0.310. The molecule has 3 heterocycles. The molecule has 6 nitrogen and oxygen atoms in total. The summed E-state index contributed by atoms with van der Waals surface area (Å²) in [6.07, 6.45) is 4.02. The van der Waals surface area contributed by atoms with Crippen LogP contribution in [0.3, 0.4) is 0 Å². The van der Waals surface area contributed by atoms with Gasteiger partial charge in [0, 0.05) is 18.9 Å². The fourth-order valence-electron chi connectivity index (χ4n) is 3.13.